The number of nitrogens with one attached hydrogen (secondary N) is 2. The highest BCUT2D eigenvalue weighted by molar-refractivity contribution is 14.1. The number of hydrogen-bond acceptors (Lipinski definition) is 5. The number of fused-ring (bicyclic) bond motifs is 3. The number of benzene rings is 1. The Kier molecular flexibility index (Phi) is 5.32. The molecule has 4 rings (SSSR count). The number of aromatic amines is 1. The molecule has 0 saturated heterocycles. The number of aromatic nitrogens is 2. The van der Waals surface area contributed by atoms with E-state index in [2.05, 4.69) is 37.9 Å². The largest absolute Gasteiger partial charge is 0.325 e. The van der Waals surface area contributed by atoms with E-state index in [0.717, 1.165) is 38.7 Å². The summed E-state index contributed by atoms with van der Waals surface area (Å²) in [5.41, 5.74) is 1.94. The number of thiophene rings is 1. The van der Waals surface area contributed by atoms with Crippen LogP contribution in [0.4, 0.5) is 5.69 Å². The normalized spacial score (nSPS) is 13.1. The lowest BCUT2D eigenvalue weighted by atomic mass is 10.2. The minimum atomic E-state index is -0.0597. The Labute approximate surface area is 172 Å². The van der Waals surface area contributed by atoms with E-state index in [1.807, 2.05) is 24.3 Å². The fourth-order valence-corrected chi connectivity index (χ4v) is 5.63. The number of hydrogen-bond donors (Lipinski definition) is 2. The predicted octanol–water partition coefficient (Wildman–Crippen LogP) is 3.95. The van der Waals surface area contributed by atoms with Gasteiger partial charge < -0.3 is 10.3 Å². The van der Waals surface area contributed by atoms with Crippen LogP contribution in [0.25, 0.3) is 10.2 Å². The average molecular weight is 497 g/mol. The van der Waals surface area contributed by atoms with Crippen molar-refractivity contribution in [3.8, 4) is 0 Å². The van der Waals surface area contributed by atoms with E-state index in [1.54, 1.807) is 11.3 Å². The molecule has 8 heteroatoms. The predicted molar refractivity (Wildman–Crippen MR) is 116 cm³/mol. The van der Waals surface area contributed by atoms with Crippen LogP contribution in [-0.4, -0.2) is 21.6 Å². The summed E-state index contributed by atoms with van der Waals surface area (Å²) >= 11 is 5.29. The van der Waals surface area contributed by atoms with E-state index in [9.17, 15) is 9.59 Å². The number of thioether (sulfide) groups is 1. The first kappa shape index (κ1) is 18.0. The Hall–Kier alpha value is -1.39. The maximum absolute atomic E-state index is 12.4. The Morgan fingerprint density at radius 1 is 1.38 bits per heavy atom. The van der Waals surface area contributed by atoms with E-state index < -0.39 is 0 Å². The highest BCUT2D eigenvalue weighted by Crippen LogP contribution is 2.34. The third-order valence-electron chi connectivity index (χ3n) is 4.20. The lowest BCUT2D eigenvalue weighted by Gasteiger charge is -2.05. The number of halogens is 1. The van der Waals surface area contributed by atoms with Gasteiger partial charge in [-0.05, 0) is 65.6 Å². The molecule has 1 amide bonds. The smallest absolute Gasteiger partial charge is 0.259 e. The number of H-pyrrole nitrogens is 1. The highest BCUT2D eigenvalue weighted by Gasteiger charge is 2.21. The van der Waals surface area contributed by atoms with Gasteiger partial charge in [0, 0.05) is 14.1 Å². The molecule has 1 aliphatic rings. The molecule has 0 aliphatic heterocycles. The fourth-order valence-electron chi connectivity index (χ4n) is 3.12. The van der Waals surface area contributed by atoms with Gasteiger partial charge in [0.05, 0.1) is 16.9 Å². The molecule has 0 radical (unpaired) electrons. The summed E-state index contributed by atoms with van der Waals surface area (Å²) < 4.78 is 1.07. The third-order valence-corrected chi connectivity index (χ3v) is 7.00. The van der Waals surface area contributed by atoms with Crippen molar-refractivity contribution in [3.63, 3.8) is 0 Å². The third kappa shape index (κ3) is 3.81. The number of carbonyl (C=O) groups excluding carboxylic acids is 1. The van der Waals surface area contributed by atoms with E-state index >= 15 is 0 Å². The molecular formula is C18H16IN3O2S2. The number of anilines is 1. The van der Waals surface area contributed by atoms with E-state index in [4.69, 9.17) is 0 Å². The molecule has 1 aromatic carbocycles. The molecular weight excluding hydrogens is 481 g/mol. The number of amides is 1. The average Bonchev–Trinajstić information content (AvgIpc) is 3.15. The van der Waals surface area contributed by atoms with Crippen LogP contribution in [0.1, 0.15) is 22.7 Å². The first-order valence-electron chi connectivity index (χ1n) is 8.27. The summed E-state index contributed by atoms with van der Waals surface area (Å²) in [6.45, 7) is 0. The van der Waals surface area contributed by atoms with Gasteiger partial charge in [-0.1, -0.05) is 6.07 Å². The van der Waals surface area contributed by atoms with Crippen LogP contribution in [0.2, 0.25) is 0 Å². The van der Waals surface area contributed by atoms with Crippen molar-refractivity contribution < 1.29 is 4.79 Å². The van der Waals surface area contributed by atoms with Crippen molar-refractivity contribution in [1.82, 2.24) is 9.97 Å². The molecule has 2 heterocycles. The van der Waals surface area contributed by atoms with Crippen LogP contribution in [0, 0.1) is 3.57 Å². The maximum Gasteiger partial charge on any atom is 0.259 e. The Morgan fingerprint density at radius 3 is 3.12 bits per heavy atom. The first-order valence-corrected chi connectivity index (χ1v) is 11.3. The van der Waals surface area contributed by atoms with Gasteiger partial charge >= 0.3 is 0 Å². The van der Waals surface area contributed by atoms with Crippen LogP contribution in [0.3, 0.4) is 0 Å². The molecule has 5 nitrogen and oxygen atoms in total. The minimum absolute atomic E-state index is 0.0479. The Morgan fingerprint density at radius 2 is 2.27 bits per heavy atom. The minimum Gasteiger partial charge on any atom is -0.325 e. The SMILES string of the molecule is O=C(CSCc1nc2sc3c(c2c(=O)[nH]1)CCC3)Nc1cccc(I)c1. The zero-order chi connectivity index (χ0) is 18.1. The summed E-state index contributed by atoms with van der Waals surface area (Å²) in [4.78, 5) is 34.1. The molecule has 3 aromatic rings. The number of nitrogens with zero attached hydrogens (tertiary/aromatic N) is 1. The fraction of sp³-hybridized carbons (Fsp3) is 0.278. The molecule has 2 aromatic heterocycles. The molecule has 2 N–H and O–H groups in total. The topological polar surface area (TPSA) is 74.8 Å². The second kappa shape index (κ2) is 7.69. The zero-order valence-electron chi connectivity index (χ0n) is 13.8. The molecule has 0 fully saturated rings. The number of aryl methyl sites for hydroxylation is 2. The molecule has 0 bridgehead atoms. The van der Waals surface area contributed by atoms with Crippen molar-refractivity contribution in [1.29, 1.82) is 0 Å². The quantitative estimate of drug-likeness (QED) is 0.524. The van der Waals surface area contributed by atoms with Crippen LogP contribution in [-0.2, 0) is 23.4 Å². The van der Waals surface area contributed by atoms with Crippen molar-refractivity contribution in [2.75, 3.05) is 11.1 Å². The number of rotatable bonds is 5. The Balaban J connectivity index is 1.39. The summed E-state index contributed by atoms with van der Waals surface area (Å²) in [6.07, 6.45) is 3.16. The van der Waals surface area contributed by atoms with Crippen molar-refractivity contribution in [3.05, 3.63) is 54.5 Å². The maximum atomic E-state index is 12.4. The summed E-state index contributed by atoms with van der Waals surface area (Å²) in [5.74, 6) is 1.40. The van der Waals surface area contributed by atoms with Gasteiger partial charge in [-0.25, -0.2) is 4.98 Å². The van der Waals surface area contributed by atoms with Gasteiger partial charge in [0.1, 0.15) is 10.7 Å². The zero-order valence-corrected chi connectivity index (χ0v) is 17.6. The van der Waals surface area contributed by atoms with Crippen molar-refractivity contribution in [2.24, 2.45) is 0 Å². The van der Waals surface area contributed by atoms with Gasteiger partial charge in [-0.15, -0.1) is 23.1 Å². The van der Waals surface area contributed by atoms with E-state index in [1.165, 1.54) is 22.2 Å². The molecule has 134 valence electrons. The Bertz CT molecular complexity index is 1040. The highest BCUT2D eigenvalue weighted by atomic mass is 127. The van der Waals surface area contributed by atoms with Crippen LogP contribution in [0.15, 0.2) is 29.1 Å². The monoisotopic (exact) mass is 497 g/mol. The van der Waals surface area contributed by atoms with Crippen LogP contribution >= 0.6 is 45.7 Å². The van der Waals surface area contributed by atoms with Gasteiger partial charge in [0.15, 0.2) is 0 Å². The molecule has 0 saturated carbocycles. The number of carbonyl (C=O) groups is 1. The standard InChI is InChI=1S/C18H16IN3O2S2/c19-10-3-1-4-11(7-10)20-15(23)9-25-8-14-21-17(24)16-12-5-2-6-13(12)26-18(16)22-14/h1,3-4,7H,2,5-6,8-9H2,(H,20,23)(H,21,22,24). The summed E-state index contributed by atoms with van der Waals surface area (Å²) in [7, 11) is 0. The second-order valence-corrected chi connectivity index (χ2v) is 9.42. The summed E-state index contributed by atoms with van der Waals surface area (Å²) in [5, 5.41) is 3.65. The molecule has 26 heavy (non-hydrogen) atoms. The van der Waals surface area contributed by atoms with Crippen LogP contribution < -0.4 is 10.9 Å². The van der Waals surface area contributed by atoms with E-state index in [0.29, 0.717) is 17.3 Å². The van der Waals surface area contributed by atoms with Gasteiger partial charge in [0.25, 0.3) is 5.56 Å². The van der Waals surface area contributed by atoms with E-state index in [-0.39, 0.29) is 11.5 Å². The van der Waals surface area contributed by atoms with Gasteiger partial charge in [0.2, 0.25) is 5.91 Å². The first-order chi connectivity index (χ1) is 12.6. The molecule has 0 spiro atoms. The lowest BCUT2D eigenvalue weighted by Crippen LogP contribution is -2.15. The van der Waals surface area contributed by atoms with Gasteiger partial charge in [-0.3, -0.25) is 9.59 Å². The van der Waals surface area contributed by atoms with Crippen LogP contribution in [0.5, 0.6) is 0 Å². The van der Waals surface area contributed by atoms with Crippen molar-refractivity contribution in [2.45, 2.75) is 25.0 Å². The van der Waals surface area contributed by atoms with Gasteiger partial charge in [-0.2, -0.15) is 0 Å². The van der Waals surface area contributed by atoms with Crippen molar-refractivity contribution >= 4 is 67.5 Å². The molecule has 0 atom stereocenters. The summed E-state index contributed by atoms with van der Waals surface area (Å²) in [6, 6.07) is 7.68. The second-order valence-electron chi connectivity index (χ2n) is 6.10. The molecule has 0 unspecified atom stereocenters. The molecule has 1 aliphatic carbocycles. The lowest BCUT2D eigenvalue weighted by molar-refractivity contribution is -0.113.